The topological polar surface area (TPSA) is 78.6 Å². The number of nitrogens with two attached hydrogens (primary N) is 1. The van der Waals surface area contributed by atoms with E-state index in [0.717, 1.165) is 25.7 Å². The Hall–Kier alpha value is -1.27. The SMILES string of the molecule is CS(=O)(=O)c1c(C2(N)CCCC2)ccc2c1OCCO2. The zero-order valence-corrected chi connectivity index (χ0v) is 12.3. The van der Waals surface area contributed by atoms with Crippen LogP contribution in [0, 0.1) is 0 Å². The first-order valence-corrected chi connectivity index (χ1v) is 8.73. The van der Waals surface area contributed by atoms with Crippen molar-refractivity contribution in [2.24, 2.45) is 5.73 Å². The number of fused-ring (bicyclic) bond motifs is 1. The van der Waals surface area contributed by atoms with Crippen LogP contribution in [0.2, 0.25) is 0 Å². The van der Waals surface area contributed by atoms with Crippen LogP contribution in [0.15, 0.2) is 17.0 Å². The van der Waals surface area contributed by atoms with Crippen LogP contribution in [0.3, 0.4) is 0 Å². The van der Waals surface area contributed by atoms with E-state index in [9.17, 15) is 8.42 Å². The van der Waals surface area contributed by atoms with Gasteiger partial charge in [0.1, 0.15) is 18.1 Å². The van der Waals surface area contributed by atoms with E-state index < -0.39 is 15.4 Å². The zero-order chi connectivity index (χ0) is 14.4. The molecule has 1 aliphatic carbocycles. The fourth-order valence-electron chi connectivity index (χ4n) is 3.13. The molecule has 1 saturated carbocycles. The van der Waals surface area contributed by atoms with Gasteiger partial charge in [-0.25, -0.2) is 8.42 Å². The van der Waals surface area contributed by atoms with Crippen molar-refractivity contribution in [1.82, 2.24) is 0 Å². The third-order valence-corrected chi connectivity index (χ3v) is 5.21. The normalized spacial score (nSPS) is 20.9. The van der Waals surface area contributed by atoms with E-state index in [0.29, 0.717) is 30.3 Å². The molecule has 5 nitrogen and oxygen atoms in total. The van der Waals surface area contributed by atoms with Crippen LogP contribution in [0.4, 0.5) is 0 Å². The summed E-state index contributed by atoms with van der Waals surface area (Å²) in [4.78, 5) is 0.208. The van der Waals surface area contributed by atoms with E-state index in [1.165, 1.54) is 6.26 Å². The second-order valence-corrected chi connectivity index (χ2v) is 7.55. The van der Waals surface area contributed by atoms with Crippen LogP contribution in [-0.4, -0.2) is 27.9 Å². The lowest BCUT2D eigenvalue weighted by molar-refractivity contribution is 0.166. The molecule has 1 aliphatic heterocycles. The van der Waals surface area contributed by atoms with Crippen LogP contribution in [0.1, 0.15) is 31.2 Å². The van der Waals surface area contributed by atoms with Crippen molar-refractivity contribution in [1.29, 1.82) is 0 Å². The van der Waals surface area contributed by atoms with E-state index in [2.05, 4.69) is 0 Å². The monoisotopic (exact) mass is 297 g/mol. The summed E-state index contributed by atoms with van der Waals surface area (Å²) in [6, 6.07) is 3.56. The first kappa shape index (κ1) is 13.7. The molecule has 6 heteroatoms. The first-order valence-electron chi connectivity index (χ1n) is 6.84. The van der Waals surface area contributed by atoms with E-state index >= 15 is 0 Å². The Morgan fingerprint density at radius 1 is 1.15 bits per heavy atom. The lowest BCUT2D eigenvalue weighted by Gasteiger charge is -2.29. The smallest absolute Gasteiger partial charge is 0.180 e. The van der Waals surface area contributed by atoms with Crippen molar-refractivity contribution >= 4 is 9.84 Å². The van der Waals surface area contributed by atoms with Gasteiger partial charge >= 0.3 is 0 Å². The molecule has 0 saturated heterocycles. The molecule has 0 radical (unpaired) electrons. The van der Waals surface area contributed by atoms with Crippen molar-refractivity contribution in [3.63, 3.8) is 0 Å². The molecule has 1 heterocycles. The average molecular weight is 297 g/mol. The maximum absolute atomic E-state index is 12.2. The summed E-state index contributed by atoms with van der Waals surface area (Å²) in [5, 5.41) is 0. The van der Waals surface area contributed by atoms with Gasteiger partial charge in [-0.3, -0.25) is 0 Å². The van der Waals surface area contributed by atoms with Gasteiger partial charge in [0.2, 0.25) is 0 Å². The van der Waals surface area contributed by atoms with Gasteiger partial charge in [-0.05, 0) is 24.5 Å². The van der Waals surface area contributed by atoms with Crippen LogP contribution < -0.4 is 15.2 Å². The average Bonchev–Trinajstić information content (AvgIpc) is 2.84. The maximum atomic E-state index is 12.2. The van der Waals surface area contributed by atoms with E-state index in [4.69, 9.17) is 15.2 Å². The lowest BCUT2D eigenvalue weighted by Crippen LogP contribution is -2.35. The summed E-state index contributed by atoms with van der Waals surface area (Å²) in [7, 11) is -3.44. The fourth-order valence-corrected chi connectivity index (χ4v) is 4.29. The van der Waals surface area contributed by atoms with Gasteiger partial charge in [-0.2, -0.15) is 0 Å². The Bertz CT molecular complexity index is 633. The minimum Gasteiger partial charge on any atom is -0.486 e. The molecule has 2 N–H and O–H groups in total. The molecular formula is C14H19NO4S. The van der Waals surface area contributed by atoms with Crippen LogP contribution in [-0.2, 0) is 15.4 Å². The summed E-state index contributed by atoms with van der Waals surface area (Å²) < 4.78 is 35.5. The highest BCUT2D eigenvalue weighted by Crippen LogP contribution is 2.46. The number of hydrogen-bond acceptors (Lipinski definition) is 5. The Kier molecular flexibility index (Phi) is 3.17. The quantitative estimate of drug-likeness (QED) is 0.897. The molecule has 3 rings (SSSR count). The predicted octanol–water partition coefficient (Wildman–Crippen LogP) is 1.59. The van der Waals surface area contributed by atoms with Crippen molar-refractivity contribution in [3.05, 3.63) is 17.7 Å². The fraction of sp³-hybridized carbons (Fsp3) is 0.571. The van der Waals surface area contributed by atoms with Crippen molar-refractivity contribution in [3.8, 4) is 11.5 Å². The van der Waals surface area contributed by atoms with Gasteiger partial charge in [-0.15, -0.1) is 0 Å². The summed E-state index contributed by atoms with van der Waals surface area (Å²) >= 11 is 0. The Morgan fingerprint density at radius 3 is 2.45 bits per heavy atom. The lowest BCUT2D eigenvalue weighted by atomic mass is 9.89. The van der Waals surface area contributed by atoms with Crippen molar-refractivity contribution in [2.45, 2.75) is 36.1 Å². The Morgan fingerprint density at radius 2 is 1.80 bits per heavy atom. The molecule has 0 amide bonds. The van der Waals surface area contributed by atoms with Gasteiger partial charge in [0.25, 0.3) is 0 Å². The molecule has 1 aromatic carbocycles. The Balaban J connectivity index is 2.25. The van der Waals surface area contributed by atoms with Gasteiger partial charge in [0.05, 0.1) is 0 Å². The molecule has 110 valence electrons. The van der Waals surface area contributed by atoms with E-state index in [-0.39, 0.29) is 4.90 Å². The molecule has 0 unspecified atom stereocenters. The van der Waals surface area contributed by atoms with Gasteiger partial charge < -0.3 is 15.2 Å². The van der Waals surface area contributed by atoms with E-state index in [1.54, 1.807) is 12.1 Å². The molecule has 2 aliphatic rings. The molecule has 1 aromatic rings. The molecular weight excluding hydrogens is 278 g/mol. The second-order valence-electron chi connectivity index (χ2n) is 5.60. The zero-order valence-electron chi connectivity index (χ0n) is 11.5. The van der Waals surface area contributed by atoms with E-state index in [1.807, 2.05) is 0 Å². The third kappa shape index (κ3) is 2.16. The highest BCUT2D eigenvalue weighted by molar-refractivity contribution is 7.90. The Labute approximate surface area is 119 Å². The predicted molar refractivity (Wildman–Crippen MR) is 74.9 cm³/mol. The summed E-state index contributed by atoms with van der Waals surface area (Å²) in [5.41, 5.74) is 6.54. The minimum absolute atomic E-state index is 0.208. The standard InChI is InChI=1S/C14H19NO4S/c1-20(16,17)13-10(14(15)6-2-3-7-14)4-5-11-12(13)19-9-8-18-11/h4-5H,2-3,6-9,15H2,1H3. The van der Waals surface area contributed by atoms with Gasteiger partial charge in [-0.1, -0.05) is 18.9 Å². The summed E-state index contributed by atoms with van der Waals surface area (Å²) in [6.07, 6.45) is 4.84. The maximum Gasteiger partial charge on any atom is 0.180 e. The van der Waals surface area contributed by atoms with Crippen LogP contribution in [0.25, 0.3) is 0 Å². The third-order valence-electron chi connectivity index (χ3n) is 4.07. The van der Waals surface area contributed by atoms with Crippen molar-refractivity contribution < 1.29 is 17.9 Å². The largest absolute Gasteiger partial charge is 0.486 e. The number of hydrogen-bond donors (Lipinski definition) is 1. The molecule has 1 fully saturated rings. The number of ether oxygens (including phenoxy) is 2. The highest BCUT2D eigenvalue weighted by atomic mass is 32.2. The van der Waals surface area contributed by atoms with Gasteiger partial charge in [0.15, 0.2) is 21.3 Å². The minimum atomic E-state index is -3.44. The number of benzene rings is 1. The van der Waals surface area contributed by atoms with Crippen molar-refractivity contribution in [2.75, 3.05) is 19.5 Å². The molecule has 0 spiro atoms. The first-order chi connectivity index (χ1) is 9.42. The highest BCUT2D eigenvalue weighted by Gasteiger charge is 2.38. The summed E-state index contributed by atoms with van der Waals surface area (Å²) in [6.45, 7) is 0.792. The molecule has 0 bridgehead atoms. The number of rotatable bonds is 2. The van der Waals surface area contributed by atoms with Crippen LogP contribution >= 0.6 is 0 Å². The second kappa shape index (κ2) is 4.63. The molecule has 0 aromatic heterocycles. The van der Waals surface area contributed by atoms with Crippen LogP contribution in [0.5, 0.6) is 11.5 Å². The molecule has 20 heavy (non-hydrogen) atoms. The summed E-state index contributed by atoms with van der Waals surface area (Å²) in [5.74, 6) is 0.815. The number of sulfone groups is 1. The van der Waals surface area contributed by atoms with Gasteiger partial charge in [0, 0.05) is 11.8 Å². The molecule has 0 atom stereocenters.